The van der Waals surface area contributed by atoms with Crippen molar-refractivity contribution in [2.45, 2.75) is 57.4 Å². The van der Waals surface area contributed by atoms with Crippen molar-refractivity contribution >= 4 is 11.6 Å². The summed E-state index contributed by atoms with van der Waals surface area (Å²) in [6.45, 7) is 4.04. The second kappa shape index (κ2) is 10.9. The number of ether oxygens (including phenoxy) is 1. The van der Waals surface area contributed by atoms with Crippen LogP contribution in [0.4, 0.5) is 0 Å². The predicted octanol–water partition coefficient (Wildman–Crippen LogP) is 7.19. The van der Waals surface area contributed by atoms with Gasteiger partial charge >= 0.3 is 0 Å². The standard InChI is InChI=1S/C31H33ClN2O/c1-23-20-24(6-13-29-14-10-27(22-33-29)26-8-11-28(32)12-9-26)7-15-30(23)35-19-18-31(16-2-3-17-31)34-21-25-4-5-25/h7-12,14-15,20,22,25,34H,2-5,16-19,21H2,1H3. The van der Waals surface area contributed by atoms with Gasteiger partial charge < -0.3 is 10.1 Å². The van der Waals surface area contributed by atoms with E-state index in [1.54, 1.807) is 0 Å². The maximum absolute atomic E-state index is 6.22. The van der Waals surface area contributed by atoms with E-state index >= 15 is 0 Å². The van der Waals surface area contributed by atoms with Gasteiger partial charge in [-0.25, -0.2) is 4.98 Å². The summed E-state index contributed by atoms with van der Waals surface area (Å²) in [5, 5.41) is 4.64. The van der Waals surface area contributed by atoms with Crippen LogP contribution in [0.5, 0.6) is 5.75 Å². The summed E-state index contributed by atoms with van der Waals surface area (Å²) in [5.74, 6) is 8.29. The molecule has 2 fully saturated rings. The van der Waals surface area contributed by atoms with E-state index in [2.05, 4.69) is 41.2 Å². The molecule has 180 valence electrons. The number of aryl methyl sites for hydroxylation is 1. The van der Waals surface area contributed by atoms with Crippen LogP contribution < -0.4 is 10.1 Å². The number of halogens is 1. The Morgan fingerprint density at radius 1 is 1.00 bits per heavy atom. The largest absolute Gasteiger partial charge is 0.493 e. The second-order valence-electron chi connectivity index (χ2n) is 10.1. The quantitative estimate of drug-likeness (QED) is 0.343. The Labute approximate surface area is 214 Å². The van der Waals surface area contributed by atoms with Crippen molar-refractivity contribution < 1.29 is 4.74 Å². The molecule has 2 aliphatic rings. The van der Waals surface area contributed by atoms with Gasteiger partial charge in [0.05, 0.1) is 6.61 Å². The van der Waals surface area contributed by atoms with Gasteiger partial charge in [0.2, 0.25) is 0 Å². The zero-order chi connectivity index (χ0) is 24.1. The number of nitrogens with zero attached hydrogens (tertiary/aromatic N) is 1. The molecule has 0 amide bonds. The molecule has 0 aliphatic heterocycles. The number of pyridine rings is 1. The van der Waals surface area contributed by atoms with Crippen LogP contribution in [0.15, 0.2) is 60.8 Å². The van der Waals surface area contributed by atoms with Gasteiger partial charge in [0.1, 0.15) is 11.4 Å². The third-order valence-corrected chi connectivity index (χ3v) is 7.56. The number of rotatable bonds is 8. The fourth-order valence-corrected chi connectivity index (χ4v) is 5.04. The molecule has 35 heavy (non-hydrogen) atoms. The molecular weight excluding hydrogens is 452 g/mol. The van der Waals surface area contributed by atoms with Crippen molar-refractivity contribution in [1.82, 2.24) is 10.3 Å². The van der Waals surface area contributed by atoms with E-state index in [-0.39, 0.29) is 5.54 Å². The summed E-state index contributed by atoms with van der Waals surface area (Å²) in [5.41, 5.74) is 5.27. The first-order valence-corrected chi connectivity index (χ1v) is 13.2. The van der Waals surface area contributed by atoms with E-state index in [1.165, 1.54) is 45.1 Å². The van der Waals surface area contributed by atoms with Crippen LogP contribution >= 0.6 is 11.6 Å². The number of aromatic nitrogens is 1. The van der Waals surface area contributed by atoms with Crippen LogP contribution in [0.1, 0.15) is 61.8 Å². The maximum Gasteiger partial charge on any atom is 0.122 e. The van der Waals surface area contributed by atoms with Gasteiger partial charge in [-0.2, -0.15) is 0 Å². The van der Waals surface area contributed by atoms with Crippen molar-refractivity contribution in [3.8, 4) is 28.7 Å². The molecule has 3 aromatic rings. The van der Waals surface area contributed by atoms with Crippen molar-refractivity contribution in [2.24, 2.45) is 5.92 Å². The summed E-state index contributed by atoms with van der Waals surface area (Å²) in [6.07, 6.45) is 11.0. The second-order valence-corrected chi connectivity index (χ2v) is 10.5. The molecule has 1 heterocycles. The minimum absolute atomic E-state index is 0.290. The van der Waals surface area contributed by atoms with Crippen LogP contribution in [0, 0.1) is 24.7 Å². The Bertz CT molecular complexity index is 1200. The lowest BCUT2D eigenvalue weighted by Gasteiger charge is -2.31. The predicted molar refractivity (Wildman–Crippen MR) is 144 cm³/mol. The molecule has 0 spiro atoms. The Balaban J connectivity index is 1.17. The van der Waals surface area contributed by atoms with Crippen LogP contribution in [0.3, 0.4) is 0 Å². The van der Waals surface area contributed by atoms with Crippen molar-refractivity contribution in [1.29, 1.82) is 0 Å². The average Bonchev–Trinajstić information content (AvgIpc) is 3.60. The van der Waals surface area contributed by atoms with Gasteiger partial charge in [0, 0.05) is 27.9 Å². The van der Waals surface area contributed by atoms with Crippen molar-refractivity contribution in [3.63, 3.8) is 0 Å². The van der Waals surface area contributed by atoms with E-state index in [0.717, 1.165) is 57.7 Å². The summed E-state index contributed by atoms with van der Waals surface area (Å²) in [4.78, 5) is 4.51. The Kier molecular flexibility index (Phi) is 7.42. The zero-order valence-corrected chi connectivity index (χ0v) is 21.2. The van der Waals surface area contributed by atoms with Crippen LogP contribution in [0.25, 0.3) is 11.1 Å². The fourth-order valence-electron chi connectivity index (χ4n) is 4.91. The SMILES string of the molecule is Cc1cc(C#Cc2ccc(-c3ccc(Cl)cc3)cn2)ccc1OCCC1(NCC2CC2)CCCC1. The molecule has 3 nitrogen and oxygen atoms in total. The first-order valence-electron chi connectivity index (χ1n) is 12.8. The average molecular weight is 485 g/mol. The molecule has 0 unspecified atom stereocenters. The normalized spacial score (nSPS) is 16.5. The highest BCUT2D eigenvalue weighted by molar-refractivity contribution is 6.30. The summed E-state index contributed by atoms with van der Waals surface area (Å²) in [6, 6.07) is 17.9. The molecule has 2 aliphatic carbocycles. The van der Waals surface area contributed by atoms with Crippen LogP contribution in [-0.2, 0) is 0 Å². The third kappa shape index (κ3) is 6.45. The number of benzene rings is 2. The molecule has 4 heteroatoms. The molecule has 2 saturated carbocycles. The van der Waals surface area contributed by atoms with Gasteiger partial charge in [-0.05, 0) is 105 Å². The molecule has 0 radical (unpaired) electrons. The number of hydrogen-bond acceptors (Lipinski definition) is 3. The topological polar surface area (TPSA) is 34.1 Å². The lowest BCUT2D eigenvalue weighted by molar-refractivity contribution is 0.223. The molecule has 0 saturated heterocycles. The van der Waals surface area contributed by atoms with E-state index < -0.39 is 0 Å². The van der Waals surface area contributed by atoms with Crippen molar-refractivity contribution in [2.75, 3.05) is 13.2 Å². The lowest BCUT2D eigenvalue weighted by atomic mass is 9.93. The number of nitrogens with one attached hydrogen (secondary N) is 1. The Hall–Kier alpha value is -2.80. The minimum Gasteiger partial charge on any atom is -0.493 e. The van der Waals surface area contributed by atoms with Crippen LogP contribution in [0.2, 0.25) is 5.02 Å². The molecule has 1 N–H and O–H groups in total. The van der Waals surface area contributed by atoms with Gasteiger partial charge in [-0.3, -0.25) is 0 Å². The summed E-state index contributed by atoms with van der Waals surface area (Å²) >= 11 is 5.98. The highest BCUT2D eigenvalue weighted by Crippen LogP contribution is 2.35. The smallest absolute Gasteiger partial charge is 0.122 e. The molecule has 2 aromatic carbocycles. The lowest BCUT2D eigenvalue weighted by Crippen LogP contribution is -2.44. The minimum atomic E-state index is 0.290. The molecule has 5 rings (SSSR count). The van der Waals surface area contributed by atoms with Gasteiger partial charge in [0.15, 0.2) is 0 Å². The van der Waals surface area contributed by atoms with E-state index in [9.17, 15) is 0 Å². The highest BCUT2D eigenvalue weighted by atomic mass is 35.5. The van der Waals surface area contributed by atoms with Gasteiger partial charge in [-0.1, -0.05) is 48.6 Å². The van der Waals surface area contributed by atoms with E-state index in [4.69, 9.17) is 16.3 Å². The first-order chi connectivity index (χ1) is 17.1. The molecule has 0 atom stereocenters. The van der Waals surface area contributed by atoms with E-state index in [1.807, 2.05) is 48.7 Å². The maximum atomic E-state index is 6.22. The zero-order valence-electron chi connectivity index (χ0n) is 20.4. The highest BCUT2D eigenvalue weighted by Gasteiger charge is 2.35. The Morgan fingerprint density at radius 3 is 2.46 bits per heavy atom. The van der Waals surface area contributed by atoms with Gasteiger partial charge in [-0.15, -0.1) is 0 Å². The monoisotopic (exact) mass is 484 g/mol. The fraction of sp³-hybridized carbons (Fsp3) is 0.387. The van der Waals surface area contributed by atoms with Gasteiger partial charge in [0.25, 0.3) is 0 Å². The first kappa shape index (κ1) is 23.9. The summed E-state index contributed by atoms with van der Waals surface area (Å²) < 4.78 is 6.22. The molecular formula is C31H33ClN2O. The molecule has 1 aromatic heterocycles. The van der Waals surface area contributed by atoms with Crippen LogP contribution in [-0.4, -0.2) is 23.7 Å². The number of hydrogen-bond donors (Lipinski definition) is 1. The third-order valence-electron chi connectivity index (χ3n) is 7.31. The van der Waals surface area contributed by atoms with E-state index in [0.29, 0.717) is 0 Å². The van der Waals surface area contributed by atoms with Crippen molar-refractivity contribution in [3.05, 3.63) is 82.6 Å². The molecule has 0 bridgehead atoms. The summed E-state index contributed by atoms with van der Waals surface area (Å²) in [7, 11) is 0. The Morgan fingerprint density at radius 2 is 1.77 bits per heavy atom.